The third-order valence-electron chi connectivity index (χ3n) is 4.86. The molecule has 29 heavy (non-hydrogen) atoms. The summed E-state index contributed by atoms with van der Waals surface area (Å²) in [7, 11) is 0. The van der Waals surface area contributed by atoms with Crippen LogP contribution in [0, 0.1) is 0 Å². The van der Waals surface area contributed by atoms with Crippen LogP contribution in [-0.4, -0.2) is 35.6 Å². The number of carbonyl (C=O) groups is 1. The van der Waals surface area contributed by atoms with Crippen molar-refractivity contribution in [2.75, 3.05) is 29.9 Å². The summed E-state index contributed by atoms with van der Waals surface area (Å²) in [5, 5.41) is 3.31. The molecule has 0 atom stereocenters. The Morgan fingerprint density at radius 1 is 1.03 bits per heavy atom. The van der Waals surface area contributed by atoms with E-state index in [-0.39, 0.29) is 5.97 Å². The van der Waals surface area contributed by atoms with Crippen molar-refractivity contribution in [3.63, 3.8) is 0 Å². The number of esters is 1. The number of aromatic nitrogens is 2. The number of anilines is 3. The van der Waals surface area contributed by atoms with E-state index in [9.17, 15) is 4.79 Å². The largest absolute Gasteiger partial charge is 0.462 e. The molecule has 0 saturated carbocycles. The molecule has 0 radical (unpaired) electrons. The van der Waals surface area contributed by atoms with Crippen LogP contribution in [0.15, 0.2) is 60.7 Å². The number of nitrogens with one attached hydrogen (secondary N) is 1. The number of carbonyl (C=O) groups excluding carboxylic acids is 1. The van der Waals surface area contributed by atoms with Crippen molar-refractivity contribution in [1.82, 2.24) is 9.97 Å². The molecular formula is C23H24N4O2. The molecule has 1 fully saturated rings. The van der Waals surface area contributed by atoms with Gasteiger partial charge in [0.1, 0.15) is 11.6 Å². The number of hydrogen-bond donors (Lipinski definition) is 1. The SMILES string of the molecule is CCOC(=O)c1ccccc1Nc1cc(N2CCCC2)nc(-c2ccccc2)n1. The minimum Gasteiger partial charge on any atom is -0.462 e. The minimum atomic E-state index is -0.354. The van der Waals surface area contributed by atoms with Crippen LogP contribution in [0.5, 0.6) is 0 Å². The zero-order valence-electron chi connectivity index (χ0n) is 16.5. The van der Waals surface area contributed by atoms with E-state index in [0.717, 1.165) is 24.5 Å². The molecule has 0 spiro atoms. The highest BCUT2D eigenvalue weighted by molar-refractivity contribution is 5.96. The van der Waals surface area contributed by atoms with E-state index in [1.165, 1.54) is 12.8 Å². The molecule has 1 saturated heterocycles. The van der Waals surface area contributed by atoms with Gasteiger partial charge in [-0.2, -0.15) is 0 Å². The third kappa shape index (κ3) is 4.37. The van der Waals surface area contributed by atoms with Crippen LogP contribution in [0.4, 0.5) is 17.3 Å². The number of benzene rings is 2. The number of hydrogen-bond acceptors (Lipinski definition) is 6. The molecule has 4 rings (SSSR count). The van der Waals surface area contributed by atoms with Gasteiger partial charge in [0.15, 0.2) is 5.82 Å². The predicted molar refractivity (Wildman–Crippen MR) is 115 cm³/mol. The Morgan fingerprint density at radius 2 is 1.76 bits per heavy atom. The summed E-state index contributed by atoms with van der Waals surface area (Å²) >= 11 is 0. The normalized spacial score (nSPS) is 13.3. The van der Waals surface area contributed by atoms with E-state index in [0.29, 0.717) is 29.5 Å². The monoisotopic (exact) mass is 388 g/mol. The molecule has 6 heteroatoms. The van der Waals surface area contributed by atoms with E-state index < -0.39 is 0 Å². The Hall–Kier alpha value is -3.41. The first-order valence-electron chi connectivity index (χ1n) is 9.97. The van der Waals surface area contributed by atoms with Gasteiger partial charge >= 0.3 is 5.97 Å². The Labute approximate surface area is 170 Å². The summed E-state index contributed by atoms with van der Waals surface area (Å²) in [5.74, 6) is 1.85. The Balaban J connectivity index is 1.72. The molecule has 1 aliphatic rings. The fraction of sp³-hybridized carbons (Fsp3) is 0.261. The van der Waals surface area contributed by atoms with Crippen LogP contribution in [0.2, 0.25) is 0 Å². The summed E-state index contributed by atoms with van der Waals surface area (Å²) in [6.07, 6.45) is 2.33. The van der Waals surface area contributed by atoms with E-state index in [2.05, 4.69) is 10.2 Å². The van der Waals surface area contributed by atoms with Crippen molar-refractivity contribution in [2.24, 2.45) is 0 Å². The lowest BCUT2D eigenvalue weighted by molar-refractivity contribution is 0.0527. The van der Waals surface area contributed by atoms with Gasteiger partial charge in [-0.25, -0.2) is 14.8 Å². The fourth-order valence-electron chi connectivity index (χ4n) is 3.44. The van der Waals surface area contributed by atoms with Gasteiger partial charge in [0.05, 0.1) is 17.9 Å². The molecule has 0 unspecified atom stereocenters. The van der Waals surface area contributed by atoms with E-state index in [4.69, 9.17) is 14.7 Å². The molecule has 148 valence electrons. The van der Waals surface area contributed by atoms with Crippen LogP contribution in [0.1, 0.15) is 30.1 Å². The average Bonchev–Trinajstić information content (AvgIpc) is 3.30. The van der Waals surface area contributed by atoms with Gasteiger partial charge in [-0.05, 0) is 31.9 Å². The Bertz CT molecular complexity index is 985. The number of para-hydroxylation sites is 1. The van der Waals surface area contributed by atoms with Gasteiger partial charge in [0, 0.05) is 24.7 Å². The molecule has 2 aromatic carbocycles. The highest BCUT2D eigenvalue weighted by atomic mass is 16.5. The smallest absolute Gasteiger partial charge is 0.340 e. The number of ether oxygens (including phenoxy) is 1. The zero-order chi connectivity index (χ0) is 20.1. The van der Waals surface area contributed by atoms with Crippen LogP contribution < -0.4 is 10.2 Å². The van der Waals surface area contributed by atoms with Crippen LogP contribution >= 0.6 is 0 Å². The highest BCUT2D eigenvalue weighted by Gasteiger charge is 2.18. The second-order valence-electron chi connectivity index (χ2n) is 6.89. The predicted octanol–water partition coefficient (Wildman–Crippen LogP) is 4.66. The van der Waals surface area contributed by atoms with Crippen molar-refractivity contribution in [2.45, 2.75) is 19.8 Å². The molecule has 2 heterocycles. The molecule has 6 nitrogen and oxygen atoms in total. The number of nitrogens with zero attached hydrogens (tertiary/aromatic N) is 3. The van der Waals surface area contributed by atoms with Gasteiger partial charge in [0.2, 0.25) is 0 Å². The van der Waals surface area contributed by atoms with Crippen LogP contribution in [0.3, 0.4) is 0 Å². The van der Waals surface area contributed by atoms with Crippen LogP contribution in [0.25, 0.3) is 11.4 Å². The quantitative estimate of drug-likeness (QED) is 0.619. The first-order chi connectivity index (χ1) is 14.2. The van der Waals surface area contributed by atoms with Crippen molar-refractivity contribution >= 4 is 23.3 Å². The van der Waals surface area contributed by atoms with Crippen molar-refractivity contribution in [3.8, 4) is 11.4 Å². The molecule has 3 aromatic rings. The maximum absolute atomic E-state index is 12.3. The highest BCUT2D eigenvalue weighted by Crippen LogP contribution is 2.28. The van der Waals surface area contributed by atoms with Gasteiger partial charge in [-0.1, -0.05) is 42.5 Å². The lowest BCUT2D eigenvalue weighted by Gasteiger charge is -2.19. The summed E-state index contributed by atoms with van der Waals surface area (Å²) in [6, 6.07) is 19.2. The maximum atomic E-state index is 12.3. The Morgan fingerprint density at radius 3 is 2.52 bits per heavy atom. The van der Waals surface area contributed by atoms with E-state index >= 15 is 0 Å². The standard InChI is InChI=1S/C23H24N4O2/c1-2-29-23(28)18-12-6-7-13-19(18)24-20-16-21(27-14-8-9-15-27)26-22(25-20)17-10-4-3-5-11-17/h3-7,10-13,16H,2,8-9,14-15H2,1H3,(H,24,25,26). The first-order valence-corrected chi connectivity index (χ1v) is 9.97. The second-order valence-corrected chi connectivity index (χ2v) is 6.89. The van der Waals surface area contributed by atoms with Gasteiger partial charge < -0.3 is 15.0 Å². The molecule has 0 bridgehead atoms. The lowest BCUT2D eigenvalue weighted by atomic mass is 10.1. The molecule has 1 aliphatic heterocycles. The topological polar surface area (TPSA) is 67.3 Å². The second kappa shape index (κ2) is 8.73. The van der Waals surface area contributed by atoms with Crippen molar-refractivity contribution in [3.05, 3.63) is 66.2 Å². The van der Waals surface area contributed by atoms with Gasteiger partial charge in [-0.3, -0.25) is 0 Å². The number of rotatable bonds is 6. The van der Waals surface area contributed by atoms with Crippen LogP contribution in [-0.2, 0) is 4.74 Å². The van der Waals surface area contributed by atoms with Gasteiger partial charge in [-0.15, -0.1) is 0 Å². The van der Waals surface area contributed by atoms with Crippen molar-refractivity contribution in [1.29, 1.82) is 0 Å². The van der Waals surface area contributed by atoms with E-state index in [1.54, 1.807) is 13.0 Å². The maximum Gasteiger partial charge on any atom is 0.340 e. The van der Waals surface area contributed by atoms with Crippen molar-refractivity contribution < 1.29 is 9.53 Å². The van der Waals surface area contributed by atoms with E-state index in [1.807, 2.05) is 54.6 Å². The first kappa shape index (κ1) is 18.9. The fourth-order valence-corrected chi connectivity index (χ4v) is 3.44. The van der Waals surface area contributed by atoms with Gasteiger partial charge in [0.25, 0.3) is 0 Å². The molecule has 1 aromatic heterocycles. The average molecular weight is 388 g/mol. The zero-order valence-corrected chi connectivity index (χ0v) is 16.5. The molecule has 0 amide bonds. The summed E-state index contributed by atoms with van der Waals surface area (Å²) in [4.78, 5) is 24.1. The molecule has 0 aliphatic carbocycles. The minimum absolute atomic E-state index is 0.331. The third-order valence-corrected chi connectivity index (χ3v) is 4.86. The summed E-state index contributed by atoms with van der Waals surface area (Å²) in [6.45, 7) is 4.11. The summed E-state index contributed by atoms with van der Waals surface area (Å²) in [5.41, 5.74) is 2.10. The molecule has 1 N–H and O–H groups in total. The summed E-state index contributed by atoms with van der Waals surface area (Å²) < 4.78 is 5.18. The Kier molecular flexibility index (Phi) is 5.70. The lowest BCUT2D eigenvalue weighted by Crippen LogP contribution is -2.19. The molecular weight excluding hydrogens is 364 g/mol.